The van der Waals surface area contributed by atoms with Crippen LogP contribution in [0.5, 0.6) is 0 Å². The van der Waals surface area contributed by atoms with Gasteiger partial charge in [0.1, 0.15) is 5.65 Å². The van der Waals surface area contributed by atoms with E-state index in [1.165, 1.54) is 22.4 Å². The van der Waals surface area contributed by atoms with Gasteiger partial charge in [0.2, 0.25) is 5.95 Å². The summed E-state index contributed by atoms with van der Waals surface area (Å²) in [4.78, 5) is 12.2. The molecule has 2 aromatic heterocycles. The number of fused-ring (bicyclic) bond motifs is 1. The zero-order valence-electron chi connectivity index (χ0n) is 17.8. The van der Waals surface area contributed by atoms with Crippen molar-refractivity contribution in [1.82, 2.24) is 14.5 Å². The highest BCUT2D eigenvalue weighted by Gasteiger charge is 2.19. The molecular weight excluding hydrogens is 332 g/mol. The van der Waals surface area contributed by atoms with Crippen molar-refractivity contribution in [2.45, 2.75) is 67.3 Å². The molecule has 0 fully saturated rings. The fourth-order valence-electron chi connectivity index (χ4n) is 4.26. The maximum absolute atomic E-state index is 5.04. The third-order valence-electron chi connectivity index (χ3n) is 5.55. The number of rotatable bonds is 6. The molecule has 144 valence electrons. The summed E-state index contributed by atoms with van der Waals surface area (Å²) in [5, 5.41) is 1.15. The summed E-state index contributed by atoms with van der Waals surface area (Å²) >= 11 is 0. The van der Waals surface area contributed by atoms with E-state index in [1.807, 2.05) is 0 Å². The lowest BCUT2D eigenvalue weighted by Gasteiger charge is -2.26. The molecule has 3 aromatic rings. The number of hydrogen-bond donors (Lipinski definition) is 0. The van der Waals surface area contributed by atoms with Gasteiger partial charge in [0, 0.05) is 29.9 Å². The summed E-state index contributed by atoms with van der Waals surface area (Å²) < 4.78 is 2.33. The van der Waals surface area contributed by atoms with Crippen LogP contribution in [0.4, 0.5) is 11.6 Å². The Hall–Kier alpha value is -2.36. The van der Waals surface area contributed by atoms with Crippen molar-refractivity contribution in [3.05, 3.63) is 46.8 Å². The number of benzene rings is 1. The van der Waals surface area contributed by atoms with Crippen LogP contribution in [0, 0.1) is 27.7 Å². The largest absolute Gasteiger partial charge is 0.329 e. The van der Waals surface area contributed by atoms with E-state index in [9.17, 15) is 0 Å². The van der Waals surface area contributed by atoms with Crippen LogP contribution in [-0.4, -0.2) is 21.1 Å². The van der Waals surface area contributed by atoms with Crippen LogP contribution in [0.2, 0.25) is 0 Å². The van der Waals surface area contributed by atoms with Gasteiger partial charge < -0.3 is 9.47 Å². The second-order valence-corrected chi connectivity index (χ2v) is 7.53. The maximum atomic E-state index is 5.04. The van der Waals surface area contributed by atoms with E-state index in [0.29, 0.717) is 6.04 Å². The first-order valence-electron chi connectivity index (χ1n) is 10.1. The van der Waals surface area contributed by atoms with Crippen LogP contribution in [0.25, 0.3) is 11.0 Å². The predicted molar refractivity (Wildman–Crippen MR) is 115 cm³/mol. The molecule has 0 N–H and O–H groups in total. The summed E-state index contributed by atoms with van der Waals surface area (Å²) in [6.45, 7) is 16.1. The molecule has 0 atom stereocenters. The van der Waals surface area contributed by atoms with Gasteiger partial charge in [-0.05, 0) is 64.7 Å². The minimum absolute atomic E-state index is 0.475. The highest BCUT2D eigenvalue weighted by Crippen LogP contribution is 2.33. The Kier molecular flexibility index (Phi) is 5.54. The van der Waals surface area contributed by atoms with Crippen molar-refractivity contribution in [3.8, 4) is 0 Å². The van der Waals surface area contributed by atoms with Gasteiger partial charge in [0.15, 0.2) is 0 Å². The van der Waals surface area contributed by atoms with Gasteiger partial charge in [0.05, 0.1) is 5.69 Å². The molecule has 0 saturated heterocycles. The van der Waals surface area contributed by atoms with Crippen LogP contribution in [-0.2, 0) is 0 Å². The number of aromatic nitrogens is 3. The van der Waals surface area contributed by atoms with Crippen molar-refractivity contribution in [1.29, 1.82) is 0 Å². The van der Waals surface area contributed by atoms with E-state index < -0.39 is 0 Å². The third-order valence-corrected chi connectivity index (χ3v) is 5.55. The van der Waals surface area contributed by atoms with Gasteiger partial charge in [-0.1, -0.05) is 31.5 Å². The zero-order chi connectivity index (χ0) is 19.7. The summed E-state index contributed by atoms with van der Waals surface area (Å²) in [5.74, 6) is 0.795. The molecule has 1 aromatic carbocycles. The Morgan fingerprint density at radius 2 is 1.59 bits per heavy atom. The molecule has 2 heterocycles. The first-order chi connectivity index (χ1) is 12.9. The molecule has 0 aliphatic heterocycles. The third kappa shape index (κ3) is 3.45. The number of anilines is 2. The molecule has 0 amide bonds. The fourth-order valence-corrected chi connectivity index (χ4v) is 4.26. The molecule has 0 unspecified atom stereocenters. The average Bonchev–Trinajstić information content (AvgIpc) is 3.03. The van der Waals surface area contributed by atoms with E-state index in [4.69, 9.17) is 9.97 Å². The highest BCUT2D eigenvalue weighted by atomic mass is 15.3. The Morgan fingerprint density at radius 1 is 0.963 bits per heavy atom. The Bertz CT molecular complexity index is 927. The van der Waals surface area contributed by atoms with Gasteiger partial charge >= 0.3 is 0 Å². The molecule has 27 heavy (non-hydrogen) atoms. The SMILES string of the molecule is CCC(CC)n1ccc2c(C)nc(N(CC)c3c(C)cc(C)cc3C)nc21. The van der Waals surface area contributed by atoms with E-state index in [2.05, 4.69) is 82.3 Å². The first-order valence-corrected chi connectivity index (χ1v) is 10.1. The predicted octanol–water partition coefficient (Wildman–Crippen LogP) is 6.18. The van der Waals surface area contributed by atoms with Crippen molar-refractivity contribution in [2.24, 2.45) is 0 Å². The van der Waals surface area contributed by atoms with Crippen LogP contribution >= 0.6 is 0 Å². The van der Waals surface area contributed by atoms with Crippen LogP contribution in [0.1, 0.15) is 62.0 Å². The molecular formula is C23H32N4. The van der Waals surface area contributed by atoms with Crippen LogP contribution in [0.15, 0.2) is 24.4 Å². The fraction of sp³-hybridized carbons (Fsp3) is 0.478. The topological polar surface area (TPSA) is 34.0 Å². The summed E-state index contributed by atoms with van der Waals surface area (Å²) in [7, 11) is 0. The van der Waals surface area contributed by atoms with Crippen molar-refractivity contribution < 1.29 is 0 Å². The summed E-state index contributed by atoms with van der Waals surface area (Å²) in [6, 6.07) is 7.11. The lowest BCUT2D eigenvalue weighted by Crippen LogP contribution is -2.22. The second-order valence-electron chi connectivity index (χ2n) is 7.53. The van der Waals surface area contributed by atoms with Gasteiger partial charge in [-0.25, -0.2) is 4.98 Å². The monoisotopic (exact) mass is 364 g/mol. The second kappa shape index (κ2) is 7.71. The van der Waals surface area contributed by atoms with E-state index >= 15 is 0 Å². The normalized spacial score (nSPS) is 11.6. The van der Waals surface area contributed by atoms with Gasteiger partial charge in [-0.3, -0.25) is 0 Å². The van der Waals surface area contributed by atoms with Crippen LogP contribution in [0.3, 0.4) is 0 Å². The average molecular weight is 365 g/mol. The molecule has 4 nitrogen and oxygen atoms in total. The van der Waals surface area contributed by atoms with Crippen molar-refractivity contribution in [3.63, 3.8) is 0 Å². The molecule has 0 spiro atoms. The molecule has 0 aliphatic carbocycles. The molecule has 0 radical (unpaired) electrons. The number of nitrogens with zero attached hydrogens (tertiary/aromatic N) is 4. The summed E-state index contributed by atoms with van der Waals surface area (Å²) in [6.07, 6.45) is 4.38. The molecule has 0 aliphatic rings. The molecule has 3 rings (SSSR count). The van der Waals surface area contributed by atoms with E-state index in [1.54, 1.807) is 0 Å². The highest BCUT2D eigenvalue weighted by molar-refractivity contribution is 5.81. The Labute approximate surface area is 163 Å². The first kappa shape index (κ1) is 19.4. The van der Waals surface area contributed by atoms with E-state index in [-0.39, 0.29) is 0 Å². The lowest BCUT2D eigenvalue weighted by atomic mass is 10.0. The van der Waals surface area contributed by atoms with Gasteiger partial charge in [0.25, 0.3) is 0 Å². The Morgan fingerprint density at radius 3 is 2.15 bits per heavy atom. The molecule has 0 saturated carbocycles. The summed E-state index contributed by atoms with van der Waals surface area (Å²) in [5.41, 5.74) is 7.15. The quantitative estimate of drug-likeness (QED) is 0.523. The molecule has 4 heteroatoms. The van der Waals surface area contributed by atoms with Gasteiger partial charge in [-0.15, -0.1) is 0 Å². The van der Waals surface area contributed by atoms with E-state index in [0.717, 1.165) is 42.1 Å². The Balaban J connectivity index is 2.19. The van der Waals surface area contributed by atoms with Crippen LogP contribution < -0.4 is 4.90 Å². The standard InChI is InChI=1S/C23H32N4/c1-8-19(9-2)27-12-11-20-18(7)24-23(25-22(20)27)26(10-3)21-16(5)13-15(4)14-17(21)6/h11-14,19H,8-10H2,1-7H3. The minimum Gasteiger partial charge on any atom is -0.329 e. The number of hydrogen-bond acceptors (Lipinski definition) is 3. The zero-order valence-corrected chi connectivity index (χ0v) is 17.8. The van der Waals surface area contributed by atoms with Crippen molar-refractivity contribution >= 4 is 22.7 Å². The minimum atomic E-state index is 0.475. The van der Waals surface area contributed by atoms with Crippen molar-refractivity contribution in [2.75, 3.05) is 11.4 Å². The lowest BCUT2D eigenvalue weighted by molar-refractivity contribution is 0.483. The number of aryl methyl sites for hydroxylation is 4. The smallest absolute Gasteiger partial charge is 0.232 e. The maximum Gasteiger partial charge on any atom is 0.232 e. The van der Waals surface area contributed by atoms with Gasteiger partial charge in [-0.2, -0.15) is 4.98 Å². The molecule has 0 bridgehead atoms.